The van der Waals surface area contributed by atoms with Gasteiger partial charge in [0.25, 0.3) is 0 Å². The van der Waals surface area contributed by atoms with Gasteiger partial charge in [0.1, 0.15) is 12.1 Å². The number of hydrogen-bond donors (Lipinski definition) is 2. The Bertz CT molecular complexity index is 369. The van der Waals surface area contributed by atoms with Gasteiger partial charge in [-0.1, -0.05) is 20.3 Å². The van der Waals surface area contributed by atoms with Gasteiger partial charge in [0, 0.05) is 17.8 Å². The summed E-state index contributed by atoms with van der Waals surface area (Å²) in [6.07, 6.45) is 4.22. The summed E-state index contributed by atoms with van der Waals surface area (Å²) in [5.74, 6) is -0.0859. The topological polar surface area (TPSA) is 75.1 Å². The molecule has 0 aromatic carbocycles. The van der Waals surface area contributed by atoms with Crippen molar-refractivity contribution in [3.05, 3.63) is 18.1 Å². The lowest BCUT2D eigenvalue weighted by Gasteiger charge is -2.16. The number of rotatable bonds is 7. The van der Waals surface area contributed by atoms with E-state index in [1.54, 1.807) is 0 Å². The van der Waals surface area contributed by atoms with Crippen LogP contribution in [-0.4, -0.2) is 27.1 Å². The van der Waals surface area contributed by atoms with Gasteiger partial charge in [-0.25, -0.2) is 9.97 Å². The van der Waals surface area contributed by atoms with E-state index < -0.39 is 5.97 Å². The summed E-state index contributed by atoms with van der Waals surface area (Å²) >= 11 is 0. The van der Waals surface area contributed by atoms with Crippen LogP contribution in [0.1, 0.15) is 38.8 Å². The molecule has 1 aromatic rings. The Morgan fingerprint density at radius 2 is 2.24 bits per heavy atom. The molecular formula is C12H19N3O2. The van der Waals surface area contributed by atoms with Gasteiger partial charge in [-0.2, -0.15) is 0 Å². The zero-order chi connectivity index (χ0) is 12.7. The maximum Gasteiger partial charge on any atom is 0.305 e. The number of aryl methyl sites for hydroxylation is 1. The standard InChI is InChI=1S/C12H19N3O2/c1-3-5-10(7-12(16)17)15-11-6-9(4-2)13-8-14-11/h6,8,10H,3-5,7H2,1-2H3,(H,16,17)(H,13,14,15). The van der Waals surface area contributed by atoms with E-state index in [0.29, 0.717) is 5.82 Å². The second-order valence-electron chi connectivity index (χ2n) is 3.98. The van der Waals surface area contributed by atoms with Crippen molar-refractivity contribution in [1.82, 2.24) is 9.97 Å². The third kappa shape index (κ3) is 4.80. The van der Waals surface area contributed by atoms with Gasteiger partial charge in [0.2, 0.25) is 0 Å². The molecule has 5 nitrogen and oxygen atoms in total. The molecule has 0 aliphatic rings. The number of carboxylic acids is 1. The predicted octanol–water partition coefficient (Wildman–Crippen LogP) is 2.09. The Hall–Kier alpha value is -1.65. The molecule has 0 fully saturated rings. The van der Waals surface area contributed by atoms with Crippen LogP contribution in [0.5, 0.6) is 0 Å². The van der Waals surface area contributed by atoms with Gasteiger partial charge in [-0.05, 0) is 12.8 Å². The minimum absolute atomic E-state index is 0.0721. The first-order valence-corrected chi connectivity index (χ1v) is 5.95. The van der Waals surface area contributed by atoms with Crippen molar-refractivity contribution in [2.24, 2.45) is 0 Å². The van der Waals surface area contributed by atoms with E-state index >= 15 is 0 Å². The number of anilines is 1. The van der Waals surface area contributed by atoms with Crippen LogP contribution >= 0.6 is 0 Å². The molecule has 0 radical (unpaired) electrons. The first kappa shape index (κ1) is 13.4. The minimum Gasteiger partial charge on any atom is -0.481 e. The monoisotopic (exact) mass is 237 g/mol. The van der Waals surface area contributed by atoms with Crippen molar-refractivity contribution in [3.63, 3.8) is 0 Å². The summed E-state index contributed by atoms with van der Waals surface area (Å²) in [4.78, 5) is 18.9. The third-order valence-electron chi connectivity index (χ3n) is 2.50. The van der Waals surface area contributed by atoms with E-state index in [0.717, 1.165) is 25.0 Å². The van der Waals surface area contributed by atoms with Crippen LogP contribution in [0.15, 0.2) is 12.4 Å². The SMILES string of the molecule is CCCC(CC(=O)O)Nc1cc(CC)ncn1. The Balaban J connectivity index is 2.67. The Labute approximate surface area is 101 Å². The molecule has 0 bridgehead atoms. The largest absolute Gasteiger partial charge is 0.481 e. The van der Waals surface area contributed by atoms with Gasteiger partial charge in [-0.15, -0.1) is 0 Å². The number of nitrogens with zero attached hydrogens (tertiary/aromatic N) is 2. The summed E-state index contributed by atoms with van der Waals surface area (Å²) in [5, 5.41) is 12.0. The molecule has 94 valence electrons. The molecule has 1 heterocycles. The molecule has 1 unspecified atom stereocenters. The van der Waals surface area contributed by atoms with Crippen LogP contribution in [0, 0.1) is 0 Å². The molecule has 0 saturated carbocycles. The normalized spacial score (nSPS) is 12.1. The number of carbonyl (C=O) groups is 1. The zero-order valence-corrected chi connectivity index (χ0v) is 10.3. The number of nitrogens with one attached hydrogen (secondary N) is 1. The predicted molar refractivity (Wildman–Crippen MR) is 66.0 cm³/mol. The molecule has 0 aliphatic heterocycles. The summed E-state index contributed by atoms with van der Waals surface area (Å²) in [5.41, 5.74) is 0.952. The molecule has 2 N–H and O–H groups in total. The van der Waals surface area contributed by atoms with Gasteiger partial charge >= 0.3 is 5.97 Å². The van der Waals surface area contributed by atoms with E-state index in [2.05, 4.69) is 15.3 Å². The smallest absolute Gasteiger partial charge is 0.305 e. The molecule has 17 heavy (non-hydrogen) atoms. The minimum atomic E-state index is -0.791. The molecular weight excluding hydrogens is 218 g/mol. The number of carboxylic acid groups (broad SMARTS) is 1. The van der Waals surface area contributed by atoms with Crippen LogP contribution in [0.2, 0.25) is 0 Å². The van der Waals surface area contributed by atoms with E-state index in [9.17, 15) is 4.79 Å². The summed E-state index contributed by atoms with van der Waals surface area (Å²) in [6.45, 7) is 4.06. The second kappa shape index (κ2) is 6.83. The van der Waals surface area contributed by atoms with Crippen molar-refractivity contribution in [2.45, 2.75) is 45.6 Å². The third-order valence-corrected chi connectivity index (χ3v) is 2.50. The molecule has 5 heteroatoms. The molecule has 1 atom stereocenters. The average molecular weight is 237 g/mol. The second-order valence-corrected chi connectivity index (χ2v) is 3.98. The lowest BCUT2D eigenvalue weighted by Crippen LogP contribution is -2.23. The van der Waals surface area contributed by atoms with Crippen LogP contribution in [0.25, 0.3) is 0 Å². The fourth-order valence-corrected chi connectivity index (χ4v) is 1.66. The summed E-state index contributed by atoms with van der Waals surface area (Å²) < 4.78 is 0. The molecule has 0 aliphatic carbocycles. The number of aliphatic carboxylic acids is 1. The number of aromatic nitrogens is 2. The first-order chi connectivity index (χ1) is 8.15. The van der Waals surface area contributed by atoms with Crippen LogP contribution < -0.4 is 5.32 Å². The summed E-state index contributed by atoms with van der Waals surface area (Å²) in [7, 11) is 0. The fraction of sp³-hybridized carbons (Fsp3) is 0.583. The van der Waals surface area contributed by atoms with Crippen LogP contribution in [0.4, 0.5) is 5.82 Å². The molecule has 0 saturated heterocycles. The highest BCUT2D eigenvalue weighted by Crippen LogP contribution is 2.11. The highest BCUT2D eigenvalue weighted by Gasteiger charge is 2.12. The number of hydrogen-bond acceptors (Lipinski definition) is 4. The van der Waals surface area contributed by atoms with Gasteiger partial charge in [-0.3, -0.25) is 4.79 Å². The Morgan fingerprint density at radius 1 is 1.47 bits per heavy atom. The molecule has 1 rings (SSSR count). The van der Waals surface area contributed by atoms with Crippen molar-refractivity contribution < 1.29 is 9.90 Å². The van der Waals surface area contributed by atoms with Crippen molar-refractivity contribution in [1.29, 1.82) is 0 Å². The fourth-order valence-electron chi connectivity index (χ4n) is 1.66. The maximum atomic E-state index is 10.7. The van der Waals surface area contributed by atoms with E-state index in [1.807, 2.05) is 19.9 Å². The van der Waals surface area contributed by atoms with Crippen LogP contribution in [-0.2, 0) is 11.2 Å². The quantitative estimate of drug-likeness (QED) is 0.759. The van der Waals surface area contributed by atoms with Gasteiger partial charge < -0.3 is 10.4 Å². The van der Waals surface area contributed by atoms with Crippen LogP contribution in [0.3, 0.4) is 0 Å². The maximum absolute atomic E-state index is 10.7. The Kier molecular flexibility index (Phi) is 5.39. The average Bonchev–Trinajstić information content (AvgIpc) is 2.29. The van der Waals surface area contributed by atoms with E-state index in [1.165, 1.54) is 6.33 Å². The Morgan fingerprint density at radius 3 is 2.82 bits per heavy atom. The first-order valence-electron chi connectivity index (χ1n) is 5.95. The highest BCUT2D eigenvalue weighted by molar-refractivity contribution is 5.68. The van der Waals surface area contributed by atoms with Crippen molar-refractivity contribution >= 4 is 11.8 Å². The molecule has 0 amide bonds. The van der Waals surface area contributed by atoms with Gasteiger partial charge in [0.15, 0.2) is 0 Å². The highest BCUT2D eigenvalue weighted by atomic mass is 16.4. The lowest BCUT2D eigenvalue weighted by atomic mass is 10.1. The molecule has 0 spiro atoms. The van der Waals surface area contributed by atoms with Gasteiger partial charge in [0.05, 0.1) is 6.42 Å². The summed E-state index contributed by atoms with van der Waals surface area (Å²) in [6, 6.07) is 1.79. The van der Waals surface area contributed by atoms with Crippen molar-refractivity contribution in [3.8, 4) is 0 Å². The molecule has 1 aromatic heterocycles. The zero-order valence-electron chi connectivity index (χ0n) is 10.3. The van der Waals surface area contributed by atoms with E-state index in [4.69, 9.17) is 5.11 Å². The van der Waals surface area contributed by atoms with E-state index in [-0.39, 0.29) is 12.5 Å². The lowest BCUT2D eigenvalue weighted by molar-refractivity contribution is -0.137. The van der Waals surface area contributed by atoms with Crippen molar-refractivity contribution in [2.75, 3.05) is 5.32 Å².